The minimum Gasteiger partial charge on any atom is -0.485 e. The van der Waals surface area contributed by atoms with E-state index in [1.807, 2.05) is 16.8 Å². The number of ether oxygens (including phenoxy) is 1. The molecule has 4 heteroatoms. The van der Waals surface area contributed by atoms with E-state index in [9.17, 15) is 8.78 Å². The maximum atomic E-state index is 13.1. The Kier molecular flexibility index (Phi) is 2.97. The molecule has 77 valence electrons. The quantitative estimate of drug-likeness (QED) is 0.777. The van der Waals surface area contributed by atoms with Crippen LogP contribution in [-0.2, 0) is 6.61 Å². The second-order valence-corrected chi connectivity index (χ2v) is 3.67. The van der Waals surface area contributed by atoms with Gasteiger partial charge in [0.25, 0.3) is 0 Å². The van der Waals surface area contributed by atoms with E-state index < -0.39 is 11.6 Å². The van der Waals surface area contributed by atoms with Crippen molar-refractivity contribution in [3.8, 4) is 5.75 Å². The van der Waals surface area contributed by atoms with Crippen LogP contribution in [0.5, 0.6) is 5.75 Å². The van der Waals surface area contributed by atoms with Crippen molar-refractivity contribution in [3.05, 3.63) is 52.2 Å². The van der Waals surface area contributed by atoms with Crippen molar-refractivity contribution in [2.75, 3.05) is 0 Å². The molecule has 2 rings (SSSR count). The molecule has 1 radical (unpaired) electrons. The summed E-state index contributed by atoms with van der Waals surface area (Å²) in [7, 11) is 0. The van der Waals surface area contributed by atoms with Gasteiger partial charge in [0.05, 0.1) is 0 Å². The molecule has 0 fully saturated rings. The van der Waals surface area contributed by atoms with Crippen LogP contribution in [0.4, 0.5) is 8.78 Å². The number of halogens is 2. The Hall–Kier alpha value is -1.42. The van der Waals surface area contributed by atoms with Gasteiger partial charge in [-0.05, 0) is 34.5 Å². The second-order valence-electron chi connectivity index (χ2n) is 2.89. The summed E-state index contributed by atoms with van der Waals surface area (Å²) in [6, 6.07) is 6.67. The summed E-state index contributed by atoms with van der Waals surface area (Å²) < 4.78 is 31.0. The molecule has 0 unspecified atom stereocenters. The highest BCUT2D eigenvalue weighted by molar-refractivity contribution is 7.07. The van der Waals surface area contributed by atoms with E-state index >= 15 is 0 Å². The molecule has 1 aromatic heterocycles. The van der Waals surface area contributed by atoms with Gasteiger partial charge in [0.15, 0.2) is 11.6 Å². The minimum absolute atomic E-state index is 0.179. The lowest BCUT2D eigenvalue weighted by Crippen LogP contribution is -1.97. The third-order valence-corrected chi connectivity index (χ3v) is 2.55. The molecule has 0 aliphatic rings. The average Bonchev–Trinajstić information content (AvgIpc) is 2.73. The number of rotatable bonds is 3. The molecule has 0 saturated heterocycles. The molecule has 0 aliphatic carbocycles. The third-order valence-electron chi connectivity index (χ3n) is 1.82. The first-order chi connectivity index (χ1) is 7.27. The summed E-state index contributed by atoms with van der Waals surface area (Å²) >= 11 is 1.52. The first-order valence-corrected chi connectivity index (χ1v) is 5.21. The van der Waals surface area contributed by atoms with Crippen LogP contribution in [0.15, 0.2) is 29.0 Å². The van der Waals surface area contributed by atoms with Crippen LogP contribution in [0.1, 0.15) is 5.56 Å². The van der Waals surface area contributed by atoms with Gasteiger partial charge in [-0.25, -0.2) is 4.39 Å². The van der Waals surface area contributed by atoms with Crippen LogP contribution in [0.3, 0.4) is 0 Å². The van der Waals surface area contributed by atoms with Gasteiger partial charge in [0.1, 0.15) is 6.61 Å². The lowest BCUT2D eigenvalue weighted by Gasteiger charge is -2.05. The standard InChI is InChI=1S/C11H7F2OS/c12-9-2-1-3-10(11(9)13)14-6-8-4-5-15-7-8/h1-2,4-5,7H,6H2. The second kappa shape index (κ2) is 4.40. The molecule has 0 bridgehead atoms. The highest BCUT2D eigenvalue weighted by atomic mass is 32.1. The number of hydrogen-bond donors (Lipinski definition) is 0. The Morgan fingerprint density at radius 1 is 1.33 bits per heavy atom. The van der Waals surface area contributed by atoms with Gasteiger partial charge < -0.3 is 4.74 Å². The Bertz CT molecular complexity index is 440. The zero-order chi connectivity index (χ0) is 10.7. The Morgan fingerprint density at radius 3 is 2.93 bits per heavy atom. The molecule has 0 N–H and O–H groups in total. The van der Waals surface area contributed by atoms with E-state index in [0.29, 0.717) is 0 Å². The fourth-order valence-electron chi connectivity index (χ4n) is 1.07. The van der Waals surface area contributed by atoms with Crippen LogP contribution >= 0.6 is 11.3 Å². The van der Waals surface area contributed by atoms with Gasteiger partial charge in [-0.1, -0.05) is 0 Å². The fourth-order valence-corrected chi connectivity index (χ4v) is 1.72. The van der Waals surface area contributed by atoms with E-state index in [1.54, 1.807) is 0 Å². The molecule has 0 saturated carbocycles. The topological polar surface area (TPSA) is 9.23 Å². The van der Waals surface area contributed by atoms with Crippen molar-refractivity contribution in [1.82, 2.24) is 0 Å². The fraction of sp³-hybridized carbons (Fsp3) is 0.0909. The molecule has 15 heavy (non-hydrogen) atoms. The zero-order valence-electron chi connectivity index (χ0n) is 7.67. The van der Waals surface area contributed by atoms with E-state index in [2.05, 4.69) is 6.07 Å². The summed E-state index contributed by atoms with van der Waals surface area (Å²) in [5, 5.41) is 3.78. The van der Waals surface area contributed by atoms with Crippen molar-refractivity contribution in [2.24, 2.45) is 0 Å². The number of thiophene rings is 1. The molecule has 2 aromatic rings. The normalized spacial score (nSPS) is 10.3. The largest absolute Gasteiger partial charge is 0.485 e. The van der Waals surface area contributed by atoms with E-state index in [-0.39, 0.29) is 12.4 Å². The van der Waals surface area contributed by atoms with Gasteiger partial charge >= 0.3 is 0 Å². The van der Waals surface area contributed by atoms with E-state index in [0.717, 1.165) is 11.6 Å². The van der Waals surface area contributed by atoms with E-state index in [4.69, 9.17) is 4.74 Å². The van der Waals surface area contributed by atoms with Crippen molar-refractivity contribution < 1.29 is 13.5 Å². The van der Waals surface area contributed by atoms with Crippen molar-refractivity contribution in [2.45, 2.75) is 6.61 Å². The summed E-state index contributed by atoms with van der Waals surface area (Å²) in [6.07, 6.45) is 0. The smallest absolute Gasteiger partial charge is 0.201 e. The lowest BCUT2D eigenvalue weighted by molar-refractivity contribution is 0.284. The third kappa shape index (κ3) is 2.33. The maximum Gasteiger partial charge on any atom is 0.201 e. The summed E-state index contributed by atoms with van der Waals surface area (Å²) in [5.41, 5.74) is 0.928. The Balaban J connectivity index is 2.08. The first-order valence-electron chi connectivity index (χ1n) is 4.27. The van der Waals surface area contributed by atoms with Crippen LogP contribution in [0.2, 0.25) is 0 Å². The Labute approximate surface area is 89.9 Å². The molecule has 0 spiro atoms. The van der Waals surface area contributed by atoms with Crippen molar-refractivity contribution >= 4 is 11.3 Å². The molecular formula is C11H7F2OS. The number of benzene rings is 1. The summed E-state index contributed by atoms with van der Waals surface area (Å²) in [4.78, 5) is 0. The molecule has 1 aromatic carbocycles. The predicted octanol–water partition coefficient (Wildman–Crippen LogP) is 3.41. The summed E-state index contributed by atoms with van der Waals surface area (Å²) in [5.74, 6) is -2.09. The number of hydrogen-bond acceptors (Lipinski definition) is 2. The van der Waals surface area contributed by atoms with Crippen LogP contribution in [-0.4, -0.2) is 0 Å². The van der Waals surface area contributed by atoms with Gasteiger partial charge in [0, 0.05) is 6.07 Å². The maximum absolute atomic E-state index is 13.1. The van der Waals surface area contributed by atoms with Gasteiger partial charge in [-0.3, -0.25) is 0 Å². The highest BCUT2D eigenvalue weighted by Crippen LogP contribution is 2.20. The molecule has 0 aliphatic heterocycles. The van der Waals surface area contributed by atoms with Gasteiger partial charge in [0.2, 0.25) is 5.82 Å². The van der Waals surface area contributed by atoms with Crippen LogP contribution in [0.25, 0.3) is 0 Å². The molecule has 0 atom stereocenters. The highest BCUT2D eigenvalue weighted by Gasteiger charge is 2.08. The van der Waals surface area contributed by atoms with E-state index in [1.165, 1.54) is 17.4 Å². The first kappa shape index (κ1) is 10.1. The molecule has 0 amide bonds. The molecular weight excluding hydrogens is 218 g/mol. The predicted molar refractivity (Wildman–Crippen MR) is 53.8 cm³/mol. The molecule has 1 heterocycles. The van der Waals surface area contributed by atoms with Crippen LogP contribution in [0, 0.1) is 17.7 Å². The lowest BCUT2D eigenvalue weighted by atomic mass is 10.3. The minimum atomic E-state index is -0.993. The summed E-state index contributed by atoms with van der Waals surface area (Å²) in [6.45, 7) is 0.223. The SMILES string of the molecule is Fc1cc[c]c(OCc2ccsc2)c1F. The van der Waals surface area contributed by atoms with Crippen molar-refractivity contribution in [3.63, 3.8) is 0 Å². The van der Waals surface area contributed by atoms with Crippen LogP contribution < -0.4 is 4.74 Å². The monoisotopic (exact) mass is 225 g/mol. The Morgan fingerprint density at radius 2 is 2.20 bits per heavy atom. The zero-order valence-corrected chi connectivity index (χ0v) is 8.48. The van der Waals surface area contributed by atoms with Crippen molar-refractivity contribution in [1.29, 1.82) is 0 Å². The van der Waals surface area contributed by atoms with Gasteiger partial charge in [-0.15, -0.1) is 0 Å². The molecule has 1 nitrogen and oxygen atoms in total. The van der Waals surface area contributed by atoms with Gasteiger partial charge in [-0.2, -0.15) is 15.7 Å². The average molecular weight is 225 g/mol.